The third-order valence-electron chi connectivity index (χ3n) is 5.53. The van der Waals surface area contributed by atoms with E-state index < -0.39 is 8.32 Å². The van der Waals surface area contributed by atoms with Crippen LogP contribution in [-0.2, 0) is 15.8 Å². The molecule has 152 valence electrons. The molecule has 2 aromatic rings. The average Bonchev–Trinajstić information content (AvgIpc) is 2.67. The summed E-state index contributed by atoms with van der Waals surface area (Å²) in [6, 6.07) is 20.7. The Morgan fingerprint density at radius 1 is 0.893 bits per heavy atom. The number of benzene rings is 2. The molecule has 2 aromatic carbocycles. The fourth-order valence-corrected chi connectivity index (χ4v) is 3.68. The van der Waals surface area contributed by atoms with Crippen LogP contribution in [-0.4, -0.2) is 14.9 Å². The number of hydrogen-bond donors (Lipinski definition) is 0. The van der Waals surface area contributed by atoms with Gasteiger partial charge in [0, 0.05) is 6.61 Å². The van der Waals surface area contributed by atoms with E-state index in [2.05, 4.69) is 89.3 Å². The molecule has 0 fully saturated rings. The summed E-state index contributed by atoms with van der Waals surface area (Å²) in [5, 5.41) is 0.238. The molecule has 0 saturated carbocycles. The van der Waals surface area contributed by atoms with Crippen LogP contribution in [0.25, 0.3) is 0 Å². The van der Waals surface area contributed by atoms with Crippen LogP contribution in [0, 0.1) is 5.92 Å². The highest BCUT2D eigenvalue weighted by Crippen LogP contribution is 2.36. The van der Waals surface area contributed by atoms with E-state index in [1.807, 2.05) is 24.3 Å². The normalized spacial score (nSPS) is 14.9. The Balaban J connectivity index is 2.01. The van der Waals surface area contributed by atoms with Gasteiger partial charge in [0.2, 0.25) is 0 Å². The van der Waals surface area contributed by atoms with Crippen molar-refractivity contribution in [1.29, 1.82) is 0 Å². The molecule has 0 radical (unpaired) electrons. The van der Waals surface area contributed by atoms with Gasteiger partial charge in [-0.1, -0.05) is 101 Å². The highest BCUT2D eigenvalue weighted by molar-refractivity contribution is 6.74. The number of hydrogen-bond acceptors (Lipinski definition) is 2. The lowest BCUT2D eigenvalue weighted by Gasteiger charge is -2.36. The Bertz CT molecular complexity index is 717. The fourth-order valence-electron chi connectivity index (χ4n) is 2.57. The van der Waals surface area contributed by atoms with Gasteiger partial charge in [-0.25, -0.2) is 0 Å². The summed E-state index contributed by atoms with van der Waals surface area (Å²) in [5.74, 6) is 0.348. The third-order valence-corrected chi connectivity index (χ3v) is 10.0. The summed E-state index contributed by atoms with van der Waals surface area (Å²) in [6.45, 7) is 15.0. The molecule has 0 spiro atoms. The first kappa shape index (κ1) is 22.6. The Kier molecular flexibility index (Phi) is 8.23. The van der Waals surface area contributed by atoms with Crippen LogP contribution in [0.1, 0.15) is 44.9 Å². The van der Waals surface area contributed by atoms with Crippen molar-refractivity contribution in [3.63, 3.8) is 0 Å². The van der Waals surface area contributed by atoms with Crippen molar-refractivity contribution >= 4 is 8.32 Å². The standard InChI is InChI=1S/C25H36O2Si/c1-21(19-27-28(5,6)25(2,3)4)17-18-24(23-15-11-8-12-16-23)26-20-22-13-9-7-10-14-22/h7-18,21,24H,19-20H2,1-6H3/b18-17+/t21-,24+/m0/s1. The van der Waals surface area contributed by atoms with E-state index in [0.717, 1.165) is 6.61 Å². The maximum absolute atomic E-state index is 6.37. The highest BCUT2D eigenvalue weighted by Gasteiger charge is 2.37. The molecule has 2 atom stereocenters. The van der Waals surface area contributed by atoms with Crippen molar-refractivity contribution in [1.82, 2.24) is 0 Å². The van der Waals surface area contributed by atoms with Crippen LogP contribution in [0.5, 0.6) is 0 Å². The molecule has 28 heavy (non-hydrogen) atoms. The molecule has 0 amide bonds. The van der Waals surface area contributed by atoms with Gasteiger partial charge in [-0.05, 0) is 35.2 Å². The first-order valence-corrected chi connectivity index (χ1v) is 13.1. The smallest absolute Gasteiger partial charge is 0.192 e. The summed E-state index contributed by atoms with van der Waals surface area (Å²) >= 11 is 0. The second kappa shape index (κ2) is 10.2. The Morgan fingerprint density at radius 2 is 1.46 bits per heavy atom. The van der Waals surface area contributed by atoms with E-state index >= 15 is 0 Å². The topological polar surface area (TPSA) is 18.5 Å². The van der Waals surface area contributed by atoms with Crippen molar-refractivity contribution in [3.05, 3.63) is 83.9 Å². The maximum atomic E-state index is 6.37. The van der Waals surface area contributed by atoms with Gasteiger partial charge in [0.15, 0.2) is 8.32 Å². The third kappa shape index (κ3) is 7.05. The summed E-state index contributed by atoms with van der Waals surface area (Å²) < 4.78 is 12.6. The minimum Gasteiger partial charge on any atom is -0.416 e. The average molecular weight is 397 g/mol. The van der Waals surface area contributed by atoms with E-state index in [1.54, 1.807) is 0 Å². The Morgan fingerprint density at radius 3 is 2.04 bits per heavy atom. The van der Waals surface area contributed by atoms with E-state index in [0.29, 0.717) is 12.5 Å². The predicted octanol–water partition coefficient (Wildman–Crippen LogP) is 7.16. The first-order valence-electron chi connectivity index (χ1n) is 10.2. The molecule has 0 N–H and O–H groups in total. The van der Waals surface area contributed by atoms with Gasteiger partial charge in [0.05, 0.1) is 6.61 Å². The molecule has 2 nitrogen and oxygen atoms in total. The van der Waals surface area contributed by atoms with Gasteiger partial charge in [-0.3, -0.25) is 0 Å². The minimum absolute atomic E-state index is 0.0586. The van der Waals surface area contributed by atoms with Crippen LogP contribution in [0.15, 0.2) is 72.8 Å². The van der Waals surface area contributed by atoms with Crippen molar-refractivity contribution in [2.24, 2.45) is 5.92 Å². The summed E-state index contributed by atoms with van der Waals surface area (Å²) in [5.41, 5.74) is 2.36. The van der Waals surface area contributed by atoms with Gasteiger partial charge >= 0.3 is 0 Å². The van der Waals surface area contributed by atoms with Crippen LogP contribution in [0.4, 0.5) is 0 Å². The summed E-state index contributed by atoms with van der Waals surface area (Å²) in [7, 11) is -1.71. The zero-order chi connectivity index (χ0) is 20.6. The molecule has 3 heteroatoms. The van der Waals surface area contributed by atoms with Crippen molar-refractivity contribution in [3.8, 4) is 0 Å². The monoisotopic (exact) mass is 396 g/mol. The molecule has 0 bridgehead atoms. The lowest BCUT2D eigenvalue weighted by molar-refractivity contribution is 0.0713. The van der Waals surface area contributed by atoms with Gasteiger partial charge in [-0.2, -0.15) is 0 Å². The summed E-state index contributed by atoms with van der Waals surface area (Å²) in [4.78, 5) is 0. The zero-order valence-corrected chi connectivity index (χ0v) is 19.3. The van der Waals surface area contributed by atoms with Gasteiger partial charge in [0.25, 0.3) is 0 Å². The maximum Gasteiger partial charge on any atom is 0.192 e. The van der Waals surface area contributed by atoms with Crippen molar-refractivity contribution in [2.75, 3.05) is 6.61 Å². The van der Waals surface area contributed by atoms with Crippen molar-refractivity contribution < 1.29 is 9.16 Å². The van der Waals surface area contributed by atoms with E-state index in [4.69, 9.17) is 9.16 Å². The first-order chi connectivity index (χ1) is 13.2. The van der Waals surface area contributed by atoms with Crippen LogP contribution < -0.4 is 0 Å². The van der Waals surface area contributed by atoms with Gasteiger partial charge in [0.1, 0.15) is 6.10 Å². The summed E-state index contributed by atoms with van der Waals surface area (Å²) in [6.07, 6.45) is 4.35. The van der Waals surface area contributed by atoms with Crippen LogP contribution in [0.3, 0.4) is 0 Å². The lowest BCUT2D eigenvalue weighted by atomic mass is 10.1. The highest BCUT2D eigenvalue weighted by atomic mass is 28.4. The molecule has 0 aliphatic rings. The lowest BCUT2D eigenvalue weighted by Crippen LogP contribution is -2.41. The second-order valence-electron chi connectivity index (χ2n) is 9.06. The van der Waals surface area contributed by atoms with Crippen molar-refractivity contribution in [2.45, 2.75) is 58.5 Å². The van der Waals surface area contributed by atoms with E-state index in [1.165, 1.54) is 11.1 Å². The molecular weight excluding hydrogens is 360 g/mol. The van der Waals surface area contributed by atoms with Gasteiger partial charge < -0.3 is 9.16 Å². The Labute approximate surface area is 172 Å². The molecule has 0 saturated heterocycles. The molecular formula is C25H36O2Si. The largest absolute Gasteiger partial charge is 0.416 e. The molecule has 0 aliphatic heterocycles. The quantitative estimate of drug-likeness (QED) is 0.331. The van der Waals surface area contributed by atoms with Gasteiger partial charge in [-0.15, -0.1) is 0 Å². The van der Waals surface area contributed by atoms with E-state index in [9.17, 15) is 0 Å². The molecule has 0 aromatic heterocycles. The molecule has 0 heterocycles. The van der Waals surface area contributed by atoms with E-state index in [-0.39, 0.29) is 11.1 Å². The molecule has 0 aliphatic carbocycles. The predicted molar refractivity (Wildman–Crippen MR) is 122 cm³/mol. The number of rotatable bonds is 9. The minimum atomic E-state index is -1.71. The second-order valence-corrected chi connectivity index (χ2v) is 13.9. The zero-order valence-electron chi connectivity index (χ0n) is 18.3. The SMILES string of the molecule is C[C@@H](/C=C/[C@@H](OCc1ccccc1)c1ccccc1)CO[Si](C)(C)C(C)(C)C. The van der Waals surface area contributed by atoms with Crippen LogP contribution >= 0.6 is 0 Å². The molecule has 0 unspecified atom stereocenters. The Hall–Kier alpha value is -1.68. The fraction of sp³-hybridized carbons (Fsp3) is 0.440. The van der Waals surface area contributed by atoms with Crippen LogP contribution in [0.2, 0.25) is 18.1 Å². The number of ether oxygens (including phenoxy) is 1. The molecule has 2 rings (SSSR count).